The number of rotatable bonds is 4. The average molecular weight is 186 g/mol. The van der Waals surface area contributed by atoms with Crippen molar-refractivity contribution in [2.24, 2.45) is 0 Å². The van der Waals surface area contributed by atoms with Crippen molar-refractivity contribution in [3.63, 3.8) is 0 Å². The molecule has 3 heteroatoms. The van der Waals surface area contributed by atoms with Crippen LogP contribution in [0.5, 0.6) is 0 Å². The SMILES string of the molecule is CCNCC1(OC)CCN(C)CC1. The third kappa shape index (κ3) is 2.93. The minimum atomic E-state index is 0.0997. The summed E-state index contributed by atoms with van der Waals surface area (Å²) in [6.45, 7) is 6.46. The summed E-state index contributed by atoms with van der Waals surface area (Å²) in [6, 6.07) is 0. The second-order valence-corrected chi connectivity index (χ2v) is 3.97. The Bertz CT molecular complexity index is 136. The van der Waals surface area contributed by atoms with Gasteiger partial charge in [-0.1, -0.05) is 6.92 Å². The van der Waals surface area contributed by atoms with Crippen LogP contribution < -0.4 is 5.32 Å². The van der Waals surface area contributed by atoms with Crippen molar-refractivity contribution in [3.8, 4) is 0 Å². The topological polar surface area (TPSA) is 24.5 Å². The Labute approximate surface area is 81.4 Å². The molecule has 0 amide bonds. The number of likely N-dealkylation sites (N-methyl/N-ethyl adjacent to an activating group) is 1. The van der Waals surface area contributed by atoms with Gasteiger partial charge in [-0.05, 0) is 26.4 Å². The van der Waals surface area contributed by atoms with E-state index in [1.54, 1.807) is 0 Å². The highest BCUT2D eigenvalue weighted by atomic mass is 16.5. The number of hydrogen-bond donors (Lipinski definition) is 1. The molecule has 0 aromatic rings. The summed E-state index contributed by atoms with van der Waals surface area (Å²) in [6.07, 6.45) is 2.29. The third-order valence-electron chi connectivity index (χ3n) is 3.03. The van der Waals surface area contributed by atoms with Gasteiger partial charge in [-0.15, -0.1) is 0 Å². The van der Waals surface area contributed by atoms with Crippen LogP contribution in [0.3, 0.4) is 0 Å². The van der Waals surface area contributed by atoms with Gasteiger partial charge in [-0.2, -0.15) is 0 Å². The van der Waals surface area contributed by atoms with Crippen LogP contribution in [0.1, 0.15) is 19.8 Å². The molecule has 0 aromatic heterocycles. The second-order valence-electron chi connectivity index (χ2n) is 3.97. The van der Waals surface area contributed by atoms with E-state index >= 15 is 0 Å². The van der Waals surface area contributed by atoms with E-state index in [9.17, 15) is 0 Å². The fraction of sp³-hybridized carbons (Fsp3) is 1.00. The zero-order chi connectivity index (χ0) is 9.73. The smallest absolute Gasteiger partial charge is 0.0826 e. The predicted octanol–water partition coefficient (Wildman–Crippen LogP) is 0.707. The standard InChI is InChI=1S/C10H22N2O/c1-4-11-9-10(13-3)5-7-12(2)8-6-10/h11H,4-9H2,1-3H3. The lowest BCUT2D eigenvalue weighted by Gasteiger charge is -2.39. The molecule has 0 saturated carbocycles. The van der Waals surface area contributed by atoms with Crippen molar-refractivity contribution in [1.82, 2.24) is 10.2 Å². The quantitative estimate of drug-likeness (QED) is 0.699. The van der Waals surface area contributed by atoms with E-state index in [1.165, 1.54) is 0 Å². The highest BCUT2D eigenvalue weighted by molar-refractivity contribution is 4.88. The molecule has 1 rings (SSSR count). The average Bonchev–Trinajstić information content (AvgIpc) is 2.18. The van der Waals surface area contributed by atoms with Gasteiger partial charge < -0.3 is 15.0 Å². The van der Waals surface area contributed by atoms with E-state index < -0.39 is 0 Å². The Morgan fingerprint density at radius 2 is 2.00 bits per heavy atom. The van der Waals surface area contributed by atoms with Crippen LogP contribution >= 0.6 is 0 Å². The van der Waals surface area contributed by atoms with E-state index in [0.29, 0.717) is 0 Å². The number of ether oxygens (including phenoxy) is 1. The van der Waals surface area contributed by atoms with Crippen molar-refractivity contribution < 1.29 is 4.74 Å². The summed E-state index contributed by atoms with van der Waals surface area (Å²) in [4.78, 5) is 2.36. The molecule has 0 spiro atoms. The van der Waals surface area contributed by atoms with Gasteiger partial charge in [0.15, 0.2) is 0 Å². The molecule has 0 radical (unpaired) electrons. The van der Waals surface area contributed by atoms with Gasteiger partial charge in [0.25, 0.3) is 0 Å². The molecule has 0 atom stereocenters. The normalized spacial score (nSPS) is 23.3. The van der Waals surface area contributed by atoms with Gasteiger partial charge in [0.05, 0.1) is 5.60 Å². The molecule has 13 heavy (non-hydrogen) atoms. The molecule has 0 aliphatic carbocycles. The Morgan fingerprint density at radius 3 is 2.46 bits per heavy atom. The van der Waals surface area contributed by atoms with Crippen molar-refractivity contribution in [3.05, 3.63) is 0 Å². The van der Waals surface area contributed by atoms with Crippen LogP contribution in [0.2, 0.25) is 0 Å². The fourth-order valence-corrected chi connectivity index (χ4v) is 1.83. The van der Waals surface area contributed by atoms with Gasteiger partial charge >= 0.3 is 0 Å². The van der Waals surface area contributed by atoms with Gasteiger partial charge in [-0.3, -0.25) is 0 Å². The fourth-order valence-electron chi connectivity index (χ4n) is 1.83. The molecular weight excluding hydrogens is 164 g/mol. The molecule has 1 saturated heterocycles. The number of methoxy groups -OCH3 is 1. The van der Waals surface area contributed by atoms with Crippen molar-refractivity contribution in [2.45, 2.75) is 25.4 Å². The van der Waals surface area contributed by atoms with Crippen LogP contribution in [0.25, 0.3) is 0 Å². The minimum Gasteiger partial charge on any atom is -0.377 e. The molecule has 0 aromatic carbocycles. The molecule has 1 heterocycles. The monoisotopic (exact) mass is 186 g/mol. The number of nitrogens with one attached hydrogen (secondary N) is 1. The highest BCUT2D eigenvalue weighted by Crippen LogP contribution is 2.24. The van der Waals surface area contributed by atoms with Crippen molar-refractivity contribution in [1.29, 1.82) is 0 Å². The summed E-state index contributed by atoms with van der Waals surface area (Å²) < 4.78 is 5.64. The van der Waals surface area contributed by atoms with Gasteiger partial charge in [0.1, 0.15) is 0 Å². The summed E-state index contributed by atoms with van der Waals surface area (Å²) in [7, 11) is 4.01. The maximum Gasteiger partial charge on any atom is 0.0826 e. The van der Waals surface area contributed by atoms with Crippen LogP contribution in [-0.2, 0) is 4.74 Å². The number of piperidine rings is 1. The zero-order valence-electron chi connectivity index (χ0n) is 9.10. The Kier molecular flexibility index (Phi) is 4.16. The van der Waals surface area contributed by atoms with Gasteiger partial charge in [-0.25, -0.2) is 0 Å². The van der Waals surface area contributed by atoms with Crippen LogP contribution in [-0.4, -0.2) is 50.8 Å². The number of hydrogen-bond acceptors (Lipinski definition) is 3. The Hall–Kier alpha value is -0.120. The lowest BCUT2D eigenvalue weighted by molar-refractivity contribution is -0.0510. The molecular formula is C10H22N2O. The first-order chi connectivity index (χ1) is 6.22. The maximum absolute atomic E-state index is 5.64. The van der Waals surface area contributed by atoms with E-state index in [2.05, 4.69) is 24.2 Å². The second kappa shape index (κ2) is 4.94. The lowest BCUT2D eigenvalue weighted by Crippen LogP contribution is -2.50. The lowest BCUT2D eigenvalue weighted by atomic mass is 9.91. The predicted molar refractivity (Wildman–Crippen MR) is 55.0 cm³/mol. The summed E-state index contributed by atoms with van der Waals surface area (Å²) in [5.41, 5.74) is 0.0997. The largest absolute Gasteiger partial charge is 0.377 e. The van der Waals surface area contributed by atoms with Gasteiger partial charge in [0, 0.05) is 26.7 Å². The van der Waals surface area contributed by atoms with E-state index in [0.717, 1.165) is 39.0 Å². The van der Waals surface area contributed by atoms with Gasteiger partial charge in [0.2, 0.25) is 0 Å². The first kappa shape index (κ1) is 11.0. The van der Waals surface area contributed by atoms with Crippen molar-refractivity contribution in [2.75, 3.05) is 40.3 Å². The molecule has 1 N–H and O–H groups in total. The van der Waals surface area contributed by atoms with E-state index in [-0.39, 0.29) is 5.60 Å². The summed E-state index contributed by atoms with van der Waals surface area (Å²) in [5, 5.41) is 3.38. The summed E-state index contributed by atoms with van der Waals surface area (Å²) >= 11 is 0. The molecule has 0 unspecified atom stereocenters. The number of likely N-dealkylation sites (tertiary alicyclic amines) is 1. The minimum absolute atomic E-state index is 0.0997. The number of nitrogens with zero attached hydrogens (tertiary/aromatic N) is 1. The van der Waals surface area contributed by atoms with Crippen LogP contribution in [0, 0.1) is 0 Å². The first-order valence-electron chi connectivity index (χ1n) is 5.17. The molecule has 1 fully saturated rings. The highest BCUT2D eigenvalue weighted by Gasteiger charge is 2.32. The van der Waals surface area contributed by atoms with E-state index in [1.807, 2.05) is 7.11 Å². The van der Waals surface area contributed by atoms with Crippen LogP contribution in [0.4, 0.5) is 0 Å². The Morgan fingerprint density at radius 1 is 1.38 bits per heavy atom. The third-order valence-corrected chi connectivity index (χ3v) is 3.03. The zero-order valence-corrected chi connectivity index (χ0v) is 9.10. The molecule has 0 bridgehead atoms. The molecule has 1 aliphatic rings. The molecule has 78 valence electrons. The molecule has 1 aliphatic heterocycles. The van der Waals surface area contributed by atoms with Crippen molar-refractivity contribution >= 4 is 0 Å². The van der Waals surface area contributed by atoms with Crippen LogP contribution in [0.15, 0.2) is 0 Å². The molecule has 3 nitrogen and oxygen atoms in total. The maximum atomic E-state index is 5.64. The first-order valence-corrected chi connectivity index (χ1v) is 5.17. The Balaban J connectivity index is 2.40. The summed E-state index contributed by atoms with van der Waals surface area (Å²) in [5.74, 6) is 0. The van der Waals surface area contributed by atoms with E-state index in [4.69, 9.17) is 4.74 Å².